The molecular weight excluding hydrogens is 559 g/mol. The van der Waals surface area contributed by atoms with Crippen molar-refractivity contribution in [3.8, 4) is 0 Å². The number of hydrogen-bond donors (Lipinski definition) is 4. The Morgan fingerprint density at radius 3 is 2.45 bits per heavy atom. The summed E-state index contributed by atoms with van der Waals surface area (Å²) in [6, 6.07) is 7.46. The smallest absolute Gasteiger partial charge is 0.404 e. The third kappa shape index (κ3) is 7.80. The zero-order chi connectivity index (χ0) is 32.1. The van der Waals surface area contributed by atoms with Crippen molar-refractivity contribution in [2.24, 2.45) is 39.2 Å². The molecule has 242 valence electrons. The number of rotatable bonds is 15. The summed E-state index contributed by atoms with van der Waals surface area (Å²) >= 11 is 0. The third-order valence-electron chi connectivity index (χ3n) is 10.2. The normalized spacial score (nSPS) is 26.8. The van der Waals surface area contributed by atoms with Gasteiger partial charge in [0.05, 0.1) is 22.9 Å². The maximum Gasteiger partial charge on any atom is 0.481 e. The second-order valence-electron chi connectivity index (χ2n) is 14.0. The van der Waals surface area contributed by atoms with Gasteiger partial charge in [-0.15, -0.1) is 4.91 Å². The number of aryl methyl sites for hydroxylation is 2. The van der Waals surface area contributed by atoms with E-state index in [2.05, 4.69) is 80.0 Å². The van der Waals surface area contributed by atoms with Crippen molar-refractivity contribution in [3.63, 3.8) is 0 Å². The average Bonchev–Trinajstić information content (AvgIpc) is 3.34. The zero-order valence-corrected chi connectivity index (χ0v) is 27.2. The zero-order valence-electron chi connectivity index (χ0n) is 27.2. The molecule has 3 aliphatic carbocycles. The molecule has 0 aromatic heterocycles. The van der Waals surface area contributed by atoms with Gasteiger partial charge in [-0.3, -0.25) is 14.6 Å². The molecule has 1 saturated heterocycles. The van der Waals surface area contributed by atoms with Crippen molar-refractivity contribution < 1.29 is 18.9 Å². The van der Waals surface area contributed by atoms with E-state index >= 15 is 0 Å². The minimum atomic E-state index is -0.778. The molecule has 0 radical (unpaired) electrons. The number of nitrogens with one attached hydrogen (secondary N) is 3. The molecule has 1 aromatic carbocycles. The summed E-state index contributed by atoms with van der Waals surface area (Å²) < 4.78 is 13.3. The molecule has 11 nitrogen and oxygen atoms in total. The van der Waals surface area contributed by atoms with E-state index in [0.717, 1.165) is 24.8 Å². The molecule has 44 heavy (non-hydrogen) atoms. The topological polar surface area (TPSA) is 156 Å². The second-order valence-corrected chi connectivity index (χ2v) is 14.0. The third-order valence-corrected chi connectivity index (χ3v) is 10.2. The molecule has 2 amide bonds. The highest BCUT2D eigenvalue weighted by Crippen LogP contribution is 2.65. The van der Waals surface area contributed by atoms with Gasteiger partial charge in [-0.25, -0.2) is 5.43 Å². The molecular formula is C32H51BN6O5. The first-order valence-corrected chi connectivity index (χ1v) is 16.3. The minimum Gasteiger partial charge on any atom is -0.404 e. The Balaban J connectivity index is 1.42. The predicted molar refractivity (Wildman–Crippen MR) is 172 cm³/mol. The summed E-state index contributed by atoms with van der Waals surface area (Å²) in [6.45, 7) is 13.4. The lowest BCUT2D eigenvalue weighted by Gasteiger charge is -2.64. The summed E-state index contributed by atoms with van der Waals surface area (Å²) in [5, 5.41) is 8.67. The first kappa shape index (κ1) is 33.9. The van der Waals surface area contributed by atoms with Crippen molar-refractivity contribution in [1.29, 1.82) is 0 Å². The van der Waals surface area contributed by atoms with Crippen molar-refractivity contribution in [3.05, 3.63) is 40.3 Å². The molecule has 4 aliphatic rings. The van der Waals surface area contributed by atoms with Gasteiger partial charge in [0.2, 0.25) is 17.8 Å². The van der Waals surface area contributed by atoms with Gasteiger partial charge in [0.1, 0.15) is 6.04 Å². The Bertz CT molecular complexity index is 1190. The molecule has 0 spiro atoms. The highest BCUT2D eigenvalue weighted by molar-refractivity contribution is 6.48. The van der Waals surface area contributed by atoms with E-state index < -0.39 is 13.2 Å². The fourth-order valence-electron chi connectivity index (χ4n) is 7.41. The molecule has 5 rings (SSSR count). The fourth-order valence-corrected chi connectivity index (χ4v) is 7.41. The second kappa shape index (κ2) is 14.4. The van der Waals surface area contributed by atoms with Gasteiger partial charge in [-0.2, -0.15) is 0 Å². The van der Waals surface area contributed by atoms with E-state index in [1.807, 2.05) is 12.1 Å². The quantitative estimate of drug-likeness (QED) is 0.0587. The van der Waals surface area contributed by atoms with Gasteiger partial charge >= 0.3 is 7.12 Å². The van der Waals surface area contributed by atoms with Gasteiger partial charge < -0.3 is 25.7 Å². The molecule has 6 atom stereocenters. The van der Waals surface area contributed by atoms with Crippen molar-refractivity contribution in [1.82, 2.24) is 16.1 Å². The molecule has 5 N–H and O–H groups in total. The van der Waals surface area contributed by atoms with E-state index in [-0.39, 0.29) is 59.7 Å². The van der Waals surface area contributed by atoms with Crippen LogP contribution in [0.3, 0.4) is 0 Å². The molecule has 0 unspecified atom stereocenters. The van der Waals surface area contributed by atoms with E-state index in [1.165, 1.54) is 5.56 Å². The number of nitrogens with two attached hydrogens (primary N) is 1. The average molecular weight is 611 g/mol. The number of guanidine groups is 1. The van der Waals surface area contributed by atoms with Crippen LogP contribution >= 0.6 is 0 Å². The van der Waals surface area contributed by atoms with Gasteiger partial charge in [-0.1, -0.05) is 58.9 Å². The van der Waals surface area contributed by atoms with Crippen LogP contribution in [-0.2, 0) is 31.7 Å². The van der Waals surface area contributed by atoms with Crippen LogP contribution in [0.5, 0.6) is 0 Å². The number of carbonyl (C=O) groups is 2. The Kier molecular flexibility index (Phi) is 11.1. The van der Waals surface area contributed by atoms with E-state index in [0.29, 0.717) is 37.5 Å². The van der Waals surface area contributed by atoms with Crippen LogP contribution in [-0.4, -0.2) is 55.1 Å². The van der Waals surface area contributed by atoms with Crippen LogP contribution in [0.15, 0.2) is 34.5 Å². The summed E-state index contributed by atoms with van der Waals surface area (Å²) in [4.78, 5) is 41.3. The predicted octanol–water partition coefficient (Wildman–Crippen LogP) is 3.83. The van der Waals surface area contributed by atoms with Crippen molar-refractivity contribution >= 4 is 24.9 Å². The highest BCUT2D eigenvalue weighted by atomic mass is 16.7. The number of nitrogens with zero attached hydrogens (tertiary/aromatic N) is 2. The molecule has 1 heterocycles. The van der Waals surface area contributed by atoms with Crippen LogP contribution in [0, 0.1) is 28.1 Å². The number of hydrogen-bond acceptors (Lipinski definition) is 7. The maximum atomic E-state index is 13.8. The van der Waals surface area contributed by atoms with Gasteiger partial charge in [-0.05, 0) is 86.2 Å². The summed E-state index contributed by atoms with van der Waals surface area (Å²) in [5.41, 5.74) is 9.81. The lowest BCUT2D eigenvalue weighted by atomic mass is 9.43. The van der Waals surface area contributed by atoms with Crippen LogP contribution in [0.1, 0.15) is 91.2 Å². The van der Waals surface area contributed by atoms with Gasteiger partial charge in [0, 0.05) is 13.0 Å². The molecule has 1 aromatic rings. The highest BCUT2D eigenvalue weighted by Gasteiger charge is 2.68. The van der Waals surface area contributed by atoms with Crippen molar-refractivity contribution in [2.75, 3.05) is 6.54 Å². The van der Waals surface area contributed by atoms with Crippen LogP contribution in [0.25, 0.3) is 0 Å². The SMILES string of the molecule is CCc1ccc(CCC(=O)N[C@@H](CCCN=C(N)NN=O)C(=O)N[C@@H](CC(C)C)B2O[C@@H]3C[C@@H]4C[C@@H](C4(C)C)[C@]3(C)O2)cc1. The van der Waals surface area contributed by atoms with Crippen LogP contribution in [0.2, 0.25) is 0 Å². The first-order valence-electron chi connectivity index (χ1n) is 16.3. The first-order chi connectivity index (χ1) is 20.9. The lowest BCUT2D eigenvalue weighted by molar-refractivity contribution is -0.199. The minimum absolute atomic E-state index is 0.00974. The standard InChI is InChI=1S/C32H51BN6O5/c1-7-21-10-12-22(13-11-21)14-15-28(40)36-24(9-8-16-35-30(34)38-39-42)29(41)37-27(17-20(2)3)33-43-26-19-23-18-25(31(23,4)5)32(26,6)44-33/h10-13,20,23-27H,7-9,14-19H2,1-6H3,(H,36,40)(H,37,41)(H3,34,35,38,42)/t23-,24-,25-,26+,27-,32-/m0/s1. The molecule has 1 aliphatic heterocycles. The van der Waals surface area contributed by atoms with Gasteiger partial charge in [0.25, 0.3) is 0 Å². The number of benzene rings is 1. The number of nitroso groups, excluding NO2 is 1. The number of carbonyl (C=O) groups excluding carboxylic acids is 2. The Morgan fingerprint density at radius 2 is 1.82 bits per heavy atom. The Labute approximate surface area is 262 Å². The molecule has 3 saturated carbocycles. The van der Waals surface area contributed by atoms with Crippen LogP contribution in [0.4, 0.5) is 0 Å². The van der Waals surface area contributed by atoms with Gasteiger partial charge in [0.15, 0.2) is 0 Å². The maximum absolute atomic E-state index is 13.8. The lowest BCUT2D eigenvalue weighted by Crippen LogP contribution is -2.65. The van der Waals surface area contributed by atoms with E-state index in [1.54, 1.807) is 0 Å². The molecule has 2 bridgehead atoms. The molecule has 4 fully saturated rings. The summed E-state index contributed by atoms with van der Waals surface area (Å²) in [6.07, 6.45) is 5.41. The summed E-state index contributed by atoms with van der Waals surface area (Å²) in [5.74, 6) is 0.398. The van der Waals surface area contributed by atoms with E-state index in [4.69, 9.17) is 15.0 Å². The summed E-state index contributed by atoms with van der Waals surface area (Å²) in [7, 11) is -0.555. The Hall–Kier alpha value is -2.99. The monoisotopic (exact) mass is 610 g/mol. The van der Waals surface area contributed by atoms with Crippen molar-refractivity contribution in [2.45, 2.75) is 117 Å². The van der Waals surface area contributed by atoms with Crippen LogP contribution < -0.4 is 21.8 Å². The molecule has 12 heteroatoms. The number of amides is 2. The fraction of sp³-hybridized carbons (Fsp3) is 0.719. The largest absolute Gasteiger partial charge is 0.481 e. The number of aliphatic imine (C=N–C) groups is 1. The Morgan fingerprint density at radius 1 is 1.11 bits per heavy atom. The van der Waals surface area contributed by atoms with E-state index in [9.17, 15) is 14.5 Å².